The third-order valence-electron chi connectivity index (χ3n) is 5.98. The molecule has 2 amide bonds. The number of amides is 2. The van der Waals surface area contributed by atoms with Crippen molar-refractivity contribution in [2.24, 2.45) is 0 Å². The molecule has 0 radical (unpaired) electrons. The summed E-state index contributed by atoms with van der Waals surface area (Å²) in [5, 5.41) is 2.95. The fourth-order valence-corrected chi connectivity index (χ4v) is 5.55. The van der Waals surface area contributed by atoms with E-state index in [0.29, 0.717) is 10.2 Å². The SMILES string of the molecule is Cc1ccc(CN(C(=O)CN(c2ccccc2Br)S(C)(=O)=O)C(Cc2ccccc2)C(=O)NC(C)C)cc1. The molecule has 0 bridgehead atoms. The fourth-order valence-electron chi connectivity index (χ4n) is 4.07. The molecule has 0 saturated carbocycles. The molecule has 3 aromatic carbocycles. The van der Waals surface area contributed by atoms with Gasteiger partial charge >= 0.3 is 0 Å². The van der Waals surface area contributed by atoms with E-state index in [0.717, 1.165) is 27.3 Å². The van der Waals surface area contributed by atoms with Gasteiger partial charge in [-0.05, 0) is 60.0 Å². The lowest BCUT2D eigenvalue weighted by atomic mass is 10.0. The van der Waals surface area contributed by atoms with Crippen molar-refractivity contribution < 1.29 is 18.0 Å². The number of halogens is 1. The molecule has 202 valence electrons. The first kappa shape index (κ1) is 29.4. The number of carbonyl (C=O) groups excluding carboxylic acids is 2. The molecule has 1 atom stereocenters. The van der Waals surface area contributed by atoms with Crippen LogP contribution in [0.15, 0.2) is 83.3 Å². The Morgan fingerprint density at radius 1 is 0.895 bits per heavy atom. The standard InChI is InChI=1S/C29H34BrN3O4S/c1-21(2)31-29(35)27(18-23-10-6-5-7-11-23)32(19-24-16-14-22(3)15-17-24)28(34)20-33(38(4,36)37)26-13-9-8-12-25(26)30/h5-17,21,27H,18-20H2,1-4H3,(H,31,35). The molecule has 0 fully saturated rings. The zero-order chi connectivity index (χ0) is 27.9. The molecule has 0 aromatic heterocycles. The molecule has 3 rings (SSSR count). The van der Waals surface area contributed by atoms with Crippen molar-refractivity contribution in [3.8, 4) is 0 Å². The second-order valence-electron chi connectivity index (χ2n) is 9.60. The van der Waals surface area contributed by atoms with Crippen LogP contribution in [0.25, 0.3) is 0 Å². The Balaban J connectivity index is 2.06. The maximum atomic E-state index is 14.0. The van der Waals surface area contributed by atoms with Crippen molar-refractivity contribution >= 4 is 43.5 Å². The Labute approximate surface area is 234 Å². The predicted molar refractivity (Wildman–Crippen MR) is 155 cm³/mol. The molecule has 38 heavy (non-hydrogen) atoms. The van der Waals surface area contributed by atoms with Gasteiger partial charge in [-0.1, -0.05) is 72.3 Å². The largest absolute Gasteiger partial charge is 0.352 e. The van der Waals surface area contributed by atoms with Crippen LogP contribution < -0.4 is 9.62 Å². The number of hydrogen-bond acceptors (Lipinski definition) is 4. The molecule has 0 spiro atoms. The number of aryl methyl sites for hydroxylation is 1. The summed E-state index contributed by atoms with van der Waals surface area (Å²) < 4.78 is 27.3. The Hall–Kier alpha value is -3.17. The summed E-state index contributed by atoms with van der Waals surface area (Å²) in [4.78, 5) is 29.0. The number of nitrogens with one attached hydrogen (secondary N) is 1. The van der Waals surface area contributed by atoms with Crippen LogP contribution in [0.1, 0.15) is 30.5 Å². The fraction of sp³-hybridized carbons (Fsp3) is 0.310. The van der Waals surface area contributed by atoms with E-state index < -0.39 is 28.5 Å². The van der Waals surface area contributed by atoms with Crippen LogP contribution in [-0.4, -0.2) is 50.0 Å². The van der Waals surface area contributed by atoms with E-state index >= 15 is 0 Å². The van der Waals surface area contributed by atoms with Gasteiger partial charge in [0.1, 0.15) is 12.6 Å². The smallest absolute Gasteiger partial charge is 0.244 e. The molecular weight excluding hydrogens is 566 g/mol. The zero-order valence-corrected chi connectivity index (χ0v) is 24.5. The van der Waals surface area contributed by atoms with Crippen molar-refractivity contribution in [2.75, 3.05) is 17.1 Å². The summed E-state index contributed by atoms with van der Waals surface area (Å²) in [6.07, 6.45) is 1.35. The average Bonchev–Trinajstić information content (AvgIpc) is 2.85. The van der Waals surface area contributed by atoms with Crippen molar-refractivity contribution in [3.63, 3.8) is 0 Å². The number of anilines is 1. The number of rotatable bonds is 11. The minimum Gasteiger partial charge on any atom is -0.352 e. The van der Waals surface area contributed by atoms with E-state index in [4.69, 9.17) is 0 Å². The van der Waals surface area contributed by atoms with Gasteiger partial charge in [0.25, 0.3) is 0 Å². The highest BCUT2D eigenvalue weighted by molar-refractivity contribution is 9.10. The van der Waals surface area contributed by atoms with E-state index in [-0.39, 0.29) is 24.9 Å². The van der Waals surface area contributed by atoms with Crippen LogP contribution in [-0.2, 0) is 32.6 Å². The molecule has 0 aliphatic rings. The number of para-hydroxylation sites is 1. The first-order valence-corrected chi connectivity index (χ1v) is 15.0. The lowest BCUT2D eigenvalue weighted by Gasteiger charge is -2.34. The van der Waals surface area contributed by atoms with Crippen LogP contribution in [0.2, 0.25) is 0 Å². The molecule has 9 heteroatoms. The van der Waals surface area contributed by atoms with Gasteiger partial charge in [-0.3, -0.25) is 13.9 Å². The normalized spacial score (nSPS) is 12.2. The molecule has 0 heterocycles. The number of sulfonamides is 1. The van der Waals surface area contributed by atoms with Crippen LogP contribution in [0.3, 0.4) is 0 Å². The predicted octanol–water partition coefficient (Wildman–Crippen LogP) is 4.69. The molecule has 3 aromatic rings. The maximum absolute atomic E-state index is 14.0. The molecule has 0 aliphatic heterocycles. The Kier molecular flexibility index (Phi) is 10.1. The number of carbonyl (C=O) groups is 2. The first-order chi connectivity index (χ1) is 18.0. The van der Waals surface area contributed by atoms with Crippen molar-refractivity contribution in [3.05, 3.63) is 100 Å². The summed E-state index contributed by atoms with van der Waals surface area (Å²) in [5.74, 6) is -0.775. The number of benzene rings is 3. The zero-order valence-electron chi connectivity index (χ0n) is 22.1. The van der Waals surface area contributed by atoms with E-state index in [9.17, 15) is 18.0 Å². The Bertz CT molecular complexity index is 1350. The van der Waals surface area contributed by atoms with Crippen molar-refractivity contribution in [1.82, 2.24) is 10.2 Å². The Morgan fingerprint density at radius 3 is 2.08 bits per heavy atom. The quantitative estimate of drug-likeness (QED) is 0.346. The van der Waals surface area contributed by atoms with E-state index in [2.05, 4.69) is 21.2 Å². The Morgan fingerprint density at radius 2 is 1.50 bits per heavy atom. The summed E-state index contributed by atoms with van der Waals surface area (Å²) in [6, 6.07) is 23.1. The topological polar surface area (TPSA) is 86.8 Å². The maximum Gasteiger partial charge on any atom is 0.244 e. The lowest BCUT2D eigenvalue weighted by molar-refractivity contribution is -0.140. The van der Waals surface area contributed by atoms with Crippen LogP contribution >= 0.6 is 15.9 Å². The highest BCUT2D eigenvalue weighted by Gasteiger charge is 2.33. The number of hydrogen-bond donors (Lipinski definition) is 1. The third kappa shape index (κ3) is 8.16. The summed E-state index contributed by atoms with van der Waals surface area (Å²) in [7, 11) is -3.82. The minimum atomic E-state index is -3.82. The molecule has 0 aliphatic carbocycles. The van der Waals surface area contributed by atoms with Crippen LogP contribution in [0, 0.1) is 6.92 Å². The van der Waals surface area contributed by atoms with Gasteiger partial charge in [0.05, 0.1) is 11.9 Å². The van der Waals surface area contributed by atoms with Gasteiger partial charge in [0.15, 0.2) is 0 Å². The van der Waals surface area contributed by atoms with Crippen molar-refractivity contribution in [2.45, 2.75) is 45.8 Å². The molecule has 1 unspecified atom stereocenters. The van der Waals surface area contributed by atoms with Gasteiger partial charge in [-0.25, -0.2) is 8.42 Å². The van der Waals surface area contributed by atoms with Gasteiger partial charge in [0.2, 0.25) is 21.8 Å². The van der Waals surface area contributed by atoms with Crippen LogP contribution in [0.5, 0.6) is 0 Å². The van der Waals surface area contributed by atoms with Gasteiger partial charge in [0, 0.05) is 23.5 Å². The van der Waals surface area contributed by atoms with E-state index in [1.807, 2.05) is 75.4 Å². The van der Waals surface area contributed by atoms with Crippen molar-refractivity contribution in [1.29, 1.82) is 0 Å². The van der Waals surface area contributed by atoms with Gasteiger partial charge in [-0.15, -0.1) is 0 Å². The highest BCUT2D eigenvalue weighted by atomic mass is 79.9. The minimum absolute atomic E-state index is 0.134. The van der Waals surface area contributed by atoms with E-state index in [1.165, 1.54) is 4.90 Å². The lowest BCUT2D eigenvalue weighted by Crippen LogP contribution is -2.54. The third-order valence-corrected chi connectivity index (χ3v) is 7.77. The average molecular weight is 601 g/mol. The molecule has 0 saturated heterocycles. The summed E-state index contributed by atoms with van der Waals surface area (Å²) in [6.45, 7) is 5.40. The molecule has 1 N–H and O–H groups in total. The first-order valence-electron chi connectivity index (χ1n) is 12.4. The van der Waals surface area contributed by atoms with Gasteiger partial charge in [-0.2, -0.15) is 0 Å². The number of nitrogens with zero attached hydrogens (tertiary/aromatic N) is 2. The second kappa shape index (κ2) is 13.1. The van der Waals surface area contributed by atoms with Gasteiger partial charge < -0.3 is 10.2 Å². The molecule has 7 nitrogen and oxygen atoms in total. The van der Waals surface area contributed by atoms with E-state index in [1.54, 1.807) is 24.3 Å². The second-order valence-corrected chi connectivity index (χ2v) is 12.4. The molecular formula is C29H34BrN3O4S. The highest BCUT2D eigenvalue weighted by Crippen LogP contribution is 2.28. The summed E-state index contributed by atoms with van der Waals surface area (Å²) in [5.41, 5.74) is 3.15. The monoisotopic (exact) mass is 599 g/mol. The summed E-state index contributed by atoms with van der Waals surface area (Å²) >= 11 is 3.41. The van der Waals surface area contributed by atoms with Crippen LogP contribution in [0.4, 0.5) is 5.69 Å².